The molecule has 3 aromatic heterocycles. The maximum Gasteiger partial charge on any atom is 0.269 e. The summed E-state index contributed by atoms with van der Waals surface area (Å²) in [5.74, 6) is -0.653. The highest BCUT2D eigenvalue weighted by Crippen LogP contribution is 2.37. The summed E-state index contributed by atoms with van der Waals surface area (Å²) in [5, 5.41) is 9.75. The van der Waals surface area contributed by atoms with Crippen molar-refractivity contribution >= 4 is 46.0 Å². The van der Waals surface area contributed by atoms with Gasteiger partial charge in [0.15, 0.2) is 5.82 Å². The molecular weight excluding hydrogens is 461 g/mol. The van der Waals surface area contributed by atoms with Crippen LogP contribution in [0.5, 0.6) is 0 Å². The highest BCUT2D eigenvalue weighted by Gasteiger charge is 2.32. The van der Waals surface area contributed by atoms with Crippen molar-refractivity contribution in [2.24, 2.45) is 5.92 Å². The van der Waals surface area contributed by atoms with Gasteiger partial charge in [0, 0.05) is 12.7 Å². The first kappa shape index (κ1) is 21.5. The smallest absolute Gasteiger partial charge is 0.269 e. The van der Waals surface area contributed by atoms with E-state index in [0.717, 1.165) is 18.9 Å². The lowest BCUT2D eigenvalue weighted by Gasteiger charge is -2.27. The molecule has 12 heteroatoms. The molecule has 1 fully saturated rings. The van der Waals surface area contributed by atoms with Gasteiger partial charge in [0.05, 0.1) is 22.3 Å². The van der Waals surface area contributed by atoms with Crippen LogP contribution < -0.4 is 21.9 Å². The average molecular weight is 478 g/mol. The molecule has 1 aliphatic rings. The van der Waals surface area contributed by atoms with Crippen LogP contribution >= 0.6 is 11.6 Å². The average Bonchev–Trinajstić information content (AvgIpc) is 3.64. The van der Waals surface area contributed by atoms with Crippen LogP contribution in [0.1, 0.15) is 18.4 Å². The highest BCUT2D eigenvalue weighted by molar-refractivity contribution is 6.35. The molecule has 0 amide bonds. The quantitative estimate of drug-likeness (QED) is 0.441. The number of benzene rings is 1. The molecule has 0 atom stereocenters. The fraction of sp³-hybridized carbons (Fsp3) is 0.182. The Morgan fingerprint density at radius 3 is 2.71 bits per heavy atom. The lowest BCUT2D eigenvalue weighted by molar-refractivity contribution is 0.635. The van der Waals surface area contributed by atoms with Crippen LogP contribution in [0.4, 0.5) is 27.9 Å². The zero-order chi connectivity index (χ0) is 24.0. The van der Waals surface area contributed by atoms with Gasteiger partial charge in [-0.05, 0) is 43.0 Å². The number of hydrogen-bond donors (Lipinski definition) is 2. The van der Waals surface area contributed by atoms with E-state index in [1.165, 1.54) is 16.8 Å². The molecule has 1 aliphatic carbocycles. The van der Waals surface area contributed by atoms with E-state index >= 15 is 0 Å². The second kappa shape index (κ2) is 8.24. The fourth-order valence-corrected chi connectivity index (χ4v) is 3.95. The Balaban J connectivity index is 1.90. The van der Waals surface area contributed by atoms with Crippen LogP contribution in [0.25, 0.3) is 16.6 Å². The summed E-state index contributed by atoms with van der Waals surface area (Å²) >= 11 is 6.28. The Morgan fingerprint density at radius 2 is 2.03 bits per heavy atom. The van der Waals surface area contributed by atoms with Crippen LogP contribution in [0.15, 0.2) is 41.5 Å². The normalized spacial score (nSPS) is 13.1. The van der Waals surface area contributed by atoms with Gasteiger partial charge in [0.1, 0.15) is 28.8 Å². The summed E-state index contributed by atoms with van der Waals surface area (Å²) in [7, 11) is 0. The second-order valence-electron chi connectivity index (χ2n) is 7.85. The largest absolute Gasteiger partial charge is 0.382 e. The molecule has 4 N–H and O–H groups in total. The predicted molar refractivity (Wildman–Crippen MR) is 125 cm³/mol. The first-order valence-electron chi connectivity index (χ1n) is 10.3. The summed E-state index contributed by atoms with van der Waals surface area (Å²) in [6.07, 6.45) is 4.88. The summed E-state index contributed by atoms with van der Waals surface area (Å²) in [5.41, 5.74) is 11.3. The van der Waals surface area contributed by atoms with Crippen molar-refractivity contribution in [1.29, 1.82) is 5.26 Å². The molecule has 0 radical (unpaired) electrons. The number of fused-ring (bicyclic) bond motifs is 1. The number of anilines is 4. The van der Waals surface area contributed by atoms with Crippen molar-refractivity contribution < 1.29 is 4.39 Å². The Morgan fingerprint density at radius 1 is 1.24 bits per heavy atom. The van der Waals surface area contributed by atoms with Gasteiger partial charge in [-0.25, -0.2) is 13.9 Å². The third kappa shape index (κ3) is 3.64. The lowest BCUT2D eigenvalue weighted by Crippen LogP contribution is -2.32. The Bertz CT molecular complexity index is 1530. The molecule has 0 unspecified atom stereocenters. The molecular formula is C22H17ClFN9O. The van der Waals surface area contributed by atoms with Gasteiger partial charge >= 0.3 is 0 Å². The topological polar surface area (TPSA) is 153 Å². The van der Waals surface area contributed by atoms with Gasteiger partial charge in [-0.15, -0.1) is 0 Å². The Labute approximate surface area is 197 Å². The van der Waals surface area contributed by atoms with E-state index in [4.69, 9.17) is 23.1 Å². The lowest BCUT2D eigenvalue weighted by atomic mass is 10.2. The number of hydrogen-bond acceptors (Lipinski definition) is 9. The monoisotopic (exact) mass is 477 g/mol. The van der Waals surface area contributed by atoms with Crippen molar-refractivity contribution in [3.8, 4) is 11.8 Å². The second-order valence-corrected chi connectivity index (χ2v) is 8.26. The van der Waals surface area contributed by atoms with Gasteiger partial charge in [-0.1, -0.05) is 11.6 Å². The first-order valence-corrected chi connectivity index (χ1v) is 10.7. The molecule has 5 rings (SSSR count). The van der Waals surface area contributed by atoms with Gasteiger partial charge in [0.25, 0.3) is 5.56 Å². The molecule has 1 saturated carbocycles. The molecule has 1 aromatic carbocycles. The van der Waals surface area contributed by atoms with Crippen LogP contribution in [0, 0.1) is 23.1 Å². The minimum absolute atomic E-state index is 0.0209. The van der Waals surface area contributed by atoms with E-state index in [1.54, 1.807) is 23.2 Å². The molecule has 0 bridgehead atoms. The van der Waals surface area contributed by atoms with Gasteiger partial charge in [0.2, 0.25) is 11.9 Å². The van der Waals surface area contributed by atoms with Crippen LogP contribution in [-0.2, 0) is 0 Å². The minimum Gasteiger partial charge on any atom is -0.382 e. The third-order valence-corrected chi connectivity index (χ3v) is 5.81. The zero-order valence-electron chi connectivity index (χ0n) is 17.6. The molecule has 10 nitrogen and oxygen atoms in total. The number of nitrogens with zero attached hydrogens (tertiary/aromatic N) is 7. The van der Waals surface area contributed by atoms with Crippen LogP contribution in [0.3, 0.4) is 0 Å². The van der Waals surface area contributed by atoms with E-state index in [-0.39, 0.29) is 50.9 Å². The summed E-state index contributed by atoms with van der Waals surface area (Å²) in [4.78, 5) is 32.0. The summed E-state index contributed by atoms with van der Waals surface area (Å²) < 4.78 is 16.1. The SMILES string of the molecule is N#Cc1c(N)nc(N)nc1N(CC1CC1)c1nc2c(F)ccc(Cl)c2c(=O)n1-c1cccnc1. The van der Waals surface area contributed by atoms with Crippen molar-refractivity contribution in [3.63, 3.8) is 0 Å². The molecule has 3 heterocycles. The number of aromatic nitrogens is 5. The maximum absolute atomic E-state index is 14.9. The van der Waals surface area contributed by atoms with Gasteiger partial charge < -0.3 is 11.5 Å². The Hall–Kier alpha value is -4.30. The van der Waals surface area contributed by atoms with Crippen LogP contribution in [0.2, 0.25) is 5.02 Å². The standard InChI is InChI=1S/C22H17ClFN9O/c23-14-5-6-15(24)17-16(14)20(34)33(12-2-1-7-28-9-12)22(29-17)32(10-11-3-4-11)19-13(8-25)18(26)30-21(27)31-19/h1-2,5-7,9,11H,3-4,10H2,(H4,26,27,30,31). The van der Waals surface area contributed by atoms with E-state index in [2.05, 4.69) is 19.9 Å². The molecule has 0 spiro atoms. The number of pyridine rings is 1. The van der Waals surface area contributed by atoms with E-state index in [9.17, 15) is 14.4 Å². The fourth-order valence-electron chi connectivity index (χ4n) is 3.71. The molecule has 170 valence electrons. The molecule has 0 saturated heterocycles. The number of nitrogens with two attached hydrogens (primary N) is 2. The number of rotatable bonds is 5. The van der Waals surface area contributed by atoms with Crippen molar-refractivity contribution in [1.82, 2.24) is 24.5 Å². The maximum atomic E-state index is 14.9. The van der Waals surface area contributed by atoms with Crippen molar-refractivity contribution in [3.05, 3.63) is 63.4 Å². The van der Waals surface area contributed by atoms with E-state index in [1.807, 2.05) is 6.07 Å². The molecule has 0 aliphatic heterocycles. The summed E-state index contributed by atoms with van der Waals surface area (Å²) in [6, 6.07) is 7.74. The highest BCUT2D eigenvalue weighted by atomic mass is 35.5. The van der Waals surface area contributed by atoms with E-state index in [0.29, 0.717) is 12.2 Å². The van der Waals surface area contributed by atoms with E-state index < -0.39 is 11.4 Å². The summed E-state index contributed by atoms with van der Waals surface area (Å²) in [6.45, 7) is 0.338. The first-order chi connectivity index (χ1) is 16.4. The van der Waals surface area contributed by atoms with Gasteiger partial charge in [-0.3, -0.25) is 14.7 Å². The molecule has 34 heavy (non-hydrogen) atoms. The number of nitriles is 1. The van der Waals surface area contributed by atoms with Crippen LogP contribution in [-0.4, -0.2) is 31.0 Å². The zero-order valence-corrected chi connectivity index (χ0v) is 18.4. The number of halogens is 2. The molecule has 4 aromatic rings. The van der Waals surface area contributed by atoms with Gasteiger partial charge in [-0.2, -0.15) is 15.2 Å². The minimum atomic E-state index is -0.718. The Kier molecular flexibility index (Phi) is 5.22. The third-order valence-electron chi connectivity index (χ3n) is 5.49. The van der Waals surface area contributed by atoms with Crippen molar-refractivity contribution in [2.45, 2.75) is 12.8 Å². The number of nitrogen functional groups attached to an aromatic ring is 2. The predicted octanol–water partition coefficient (Wildman–Crippen LogP) is 2.95. The van der Waals surface area contributed by atoms with Crippen molar-refractivity contribution in [2.75, 3.05) is 22.9 Å².